The second-order valence-electron chi connectivity index (χ2n) is 6.05. The highest BCUT2D eigenvalue weighted by atomic mass is 16.4. The number of carboxylic acid groups (broad SMARTS) is 1. The number of pyridine rings is 1. The predicted molar refractivity (Wildman–Crippen MR) is 103 cm³/mol. The van der Waals surface area contributed by atoms with E-state index in [0.29, 0.717) is 5.69 Å². The minimum absolute atomic E-state index is 0.0642. The van der Waals surface area contributed by atoms with E-state index >= 15 is 0 Å². The van der Waals surface area contributed by atoms with Gasteiger partial charge in [-0.15, -0.1) is 0 Å². The fraction of sp³-hybridized carbons (Fsp3) is 0. The molecular weight excluding hydrogens is 342 g/mol. The monoisotopic (exact) mass is 357 g/mol. The Morgan fingerprint density at radius 2 is 1.70 bits per heavy atom. The summed E-state index contributed by atoms with van der Waals surface area (Å²) in [6.07, 6.45) is 1.56. The Balaban J connectivity index is 1.60. The molecule has 0 aliphatic heterocycles. The molecular formula is C21H15N3O3. The Morgan fingerprint density at radius 3 is 2.48 bits per heavy atom. The normalized spacial score (nSPS) is 10.7. The van der Waals surface area contributed by atoms with Crippen molar-refractivity contribution in [3.05, 3.63) is 84.1 Å². The lowest BCUT2D eigenvalue weighted by Gasteiger charge is -2.05. The summed E-state index contributed by atoms with van der Waals surface area (Å²) in [5, 5.41) is 12.7. The summed E-state index contributed by atoms with van der Waals surface area (Å²) >= 11 is 0. The molecule has 4 aromatic rings. The fourth-order valence-corrected chi connectivity index (χ4v) is 2.85. The Morgan fingerprint density at radius 1 is 0.926 bits per heavy atom. The summed E-state index contributed by atoms with van der Waals surface area (Å²) in [4.78, 5) is 31.1. The standard InChI is InChI=1S/C21H15N3O3/c25-20(14-7-4-8-15(9-14)21(26)27)23-17-10-16-11-18(24-19(16)22-12-17)13-5-2-1-3-6-13/h1-12H,(H,22,24)(H,23,25)(H,26,27). The number of hydrogen-bond donors (Lipinski definition) is 3. The summed E-state index contributed by atoms with van der Waals surface area (Å²) < 4.78 is 0. The summed E-state index contributed by atoms with van der Waals surface area (Å²) in [7, 11) is 0. The number of carboxylic acids is 1. The maximum atomic E-state index is 12.4. The van der Waals surface area contributed by atoms with Gasteiger partial charge >= 0.3 is 5.97 Å². The molecule has 132 valence electrons. The van der Waals surface area contributed by atoms with Crippen molar-refractivity contribution in [1.82, 2.24) is 9.97 Å². The first kappa shape index (κ1) is 16.5. The largest absolute Gasteiger partial charge is 0.478 e. The molecule has 0 saturated heterocycles. The van der Waals surface area contributed by atoms with Crippen LogP contribution in [0.15, 0.2) is 72.9 Å². The highest BCUT2D eigenvalue weighted by Crippen LogP contribution is 2.24. The van der Waals surface area contributed by atoms with Crippen LogP contribution in [0.3, 0.4) is 0 Å². The van der Waals surface area contributed by atoms with Crippen molar-refractivity contribution >= 4 is 28.6 Å². The number of anilines is 1. The molecule has 0 atom stereocenters. The number of nitrogens with one attached hydrogen (secondary N) is 2. The van der Waals surface area contributed by atoms with Crippen LogP contribution in [0, 0.1) is 0 Å². The molecule has 4 rings (SSSR count). The van der Waals surface area contributed by atoms with Crippen molar-refractivity contribution in [2.75, 3.05) is 5.32 Å². The molecule has 6 nitrogen and oxygen atoms in total. The van der Waals surface area contributed by atoms with E-state index in [-0.39, 0.29) is 11.1 Å². The van der Waals surface area contributed by atoms with E-state index in [1.165, 1.54) is 18.2 Å². The van der Waals surface area contributed by atoms with Gasteiger partial charge in [0.15, 0.2) is 0 Å². The molecule has 0 bridgehead atoms. The van der Waals surface area contributed by atoms with Gasteiger partial charge in [0.2, 0.25) is 0 Å². The van der Waals surface area contributed by atoms with Crippen molar-refractivity contribution in [3.63, 3.8) is 0 Å². The Hall–Kier alpha value is -3.93. The Labute approximate surface area is 154 Å². The third kappa shape index (κ3) is 3.41. The Bertz CT molecular complexity index is 1150. The van der Waals surface area contributed by atoms with Crippen LogP contribution in [-0.2, 0) is 0 Å². The number of rotatable bonds is 4. The van der Waals surface area contributed by atoms with Crippen molar-refractivity contribution in [2.24, 2.45) is 0 Å². The molecule has 0 aliphatic carbocycles. The zero-order chi connectivity index (χ0) is 18.8. The van der Waals surface area contributed by atoms with E-state index in [9.17, 15) is 9.59 Å². The molecule has 0 spiro atoms. The van der Waals surface area contributed by atoms with Crippen molar-refractivity contribution in [2.45, 2.75) is 0 Å². The zero-order valence-electron chi connectivity index (χ0n) is 14.1. The lowest BCUT2D eigenvalue weighted by molar-refractivity contribution is 0.0697. The van der Waals surface area contributed by atoms with Crippen molar-refractivity contribution < 1.29 is 14.7 Å². The fourth-order valence-electron chi connectivity index (χ4n) is 2.85. The molecule has 2 aromatic carbocycles. The van der Waals surface area contributed by atoms with Crippen LogP contribution in [0.2, 0.25) is 0 Å². The van der Waals surface area contributed by atoms with Gasteiger partial charge in [-0.1, -0.05) is 36.4 Å². The van der Waals surface area contributed by atoms with Gasteiger partial charge in [-0.25, -0.2) is 9.78 Å². The number of carbonyl (C=O) groups excluding carboxylic acids is 1. The number of fused-ring (bicyclic) bond motifs is 1. The first-order chi connectivity index (χ1) is 13.1. The second kappa shape index (κ2) is 6.76. The van der Waals surface area contributed by atoms with E-state index in [1.807, 2.05) is 42.5 Å². The lowest BCUT2D eigenvalue weighted by atomic mass is 10.1. The molecule has 2 aromatic heterocycles. The number of carbonyl (C=O) groups is 2. The number of aromatic amines is 1. The van der Waals surface area contributed by atoms with Gasteiger partial charge in [0, 0.05) is 16.6 Å². The SMILES string of the molecule is O=C(O)c1cccc(C(=O)Nc2cnc3[nH]c(-c4ccccc4)cc3c2)c1. The molecule has 0 unspecified atom stereocenters. The number of benzene rings is 2. The van der Waals surface area contributed by atoms with E-state index in [2.05, 4.69) is 15.3 Å². The molecule has 27 heavy (non-hydrogen) atoms. The van der Waals surface area contributed by atoms with Gasteiger partial charge in [0.25, 0.3) is 5.91 Å². The predicted octanol–water partition coefficient (Wildman–Crippen LogP) is 4.18. The van der Waals surface area contributed by atoms with Gasteiger partial charge in [0.05, 0.1) is 17.4 Å². The van der Waals surface area contributed by atoms with E-state index in [1.54, 1.807) is 12.3 Å². The molecule has 3 N–H and O–H groups in total. The first-order valence-corrected chi connectivity index (χ1v) is 8.29. The van der Waals surface area contributed by atoms with E-state index in [4.69, 9.17) is 5.11 Å². The zero-order valence-corrected chi connectivity index (χ0v) is 14.1. The number of aromatic carboxylic acids is 1. The highest BCUT2D eigenvalue weighted by molar-refractivity contribution is 6.06. The van der Waals surface area contributed by atoms with E-state index < -0.39 is 11.9 Å². The Kier molecular flexibility index (Phi) is 4.14. The third-order valence-corrected chi connectivity index (χ3v) is 4.18. The van der Waals surface area contributed by atoms with E-state index in [0.717, 1.165) is 22.3 Å². The van der Waals surface area contributed by atoms with Gasteiger partial charge in [-0.3, -0.25) is 4.79 Å². The van der Waals surface area contributed by atoms with Crippen molar-refractivity contribution in [3.8, 4) is 11.3 Å². The van der Waals surface area contributed by atoms with Crippen molar-refractivity contribution in [1.29, 1.82) is 0 Å². The maximum Gasteiger partial charge on any atom is 0.335 e. The topological polar surface area (TPSA) is 95.1 Å². The second-order valence-corrected chi connectivity index (χ2v) is 6.05. The van der Waals surface area contributed by atoms with Crippen LogP contribution in [0.25, 0.3) is 22.3 Å². The number of amides is 1. The van der Waals surface area contributed by atoms with Crippen LogP contribution < -0.4 is 5.32 Å². The minimum Gasteiger partial charge on any atom is -0.478 e. The van der Waals surface area contributed by atoms with Gasteiger partial charge < -0.3 is 15.4 Å². The molecule has 0 fully saturated rings. The van der Waals surface area contributed by atoms with Crippen LogP contribution >= 0.6 is 0 Å². The smallest absolute Gasteiger partial charge is 0.335 e. The molecule has 1 amide bonds. The number of aromatic nitrogens is 2. The summed E-state index contributed by atoms with van der Waals surface area (Å²) in [6, 6.07) is 19.6. The maximum absolute atomic E-state index is 12.4. The minimum atomic E-state index is -1.08. The third-order valence-electron chi connectivity index (χ3n) is 4.18. The summed E-state index contributed by atoms with van der Waals surface area (Å²) in [5.41, 5.74) is 3.58. The highest BCUT2D eigenvalue weighted by Gasteiger charge is 2.11. The van der Waals surface area contributed by atoms with Gasteiger partial charge in [-0.2, -0.15) is 0 Å². The number of nitrogens with zero attached hydrogens (tertiary/aromatic N) is 1. The van der Waals surface area contributed by atoms with Crippen LogP contribution in [0.5, 0.6) is 0 Å². The summed E-state index contributed by atoms with van der Waals surface area (Å²) in [6.45, 7) is 0. The molecule has 0 saturated carbocycles. The molecule has 0 radical (unpaired) electrons. The van der Waals surface area contributed by atoms with Gasteiger partial charge in [-0.05, 0) is 35.9 Å². The average molecular weight is 357 g/mol. The number of hydrogen-bond acceptors (Lipinski definition) is 3. The lowest BCUT2D eigenvalue weighted by Crippen LogP contribution is -2.13. The van der Waals surface area contributed by atoms with Crippen LogP contribution in [0.4, 0.5) is 5.69 Å². The van der Waals surface area contributed by atoms with Crippen LogP contribution in [0.1, 0.15) is 20.7 Å². The molecule has 6 heteroatoms. The van der Waals surface area contributed by atoms with Gasteiger partial charge in [0.1, 0.15) is 5.65 Å². The molecule has 2 heterocycles. The average Bonchev–Trinajstić information content (AvgIpc) is 3.12. The first-order valence-electron chi connectivity index (χ1n) is 8.29. The number of H-pyrrole nitrogens is 1. The molecule has 0 aliphatic rings. The summed E-state index contributed by atoms with van der Waals surface area (Å²) in [5.74, 6) is -1.47. The quantitative estimate of drug-likeness (QED) is 0.510. The van der Waals surface area contributed by atoms with Crippen LogP contribution in [-0.4, -0.2) is 27.0 Å².